The summed E-state index contributed by atoms with van der Waals surface area (Å²) in [5.41, 5.74) is 1.47. The highest BCUT2D eigenvalue weighted by Gasteiger charge is 2.20. The van der Waals surface area contributed by atoms with Gasteiger partial charge in [-0.15, -0.1) is 5.10 Å². The fourth-order valence-electron chi connectivity index (χ4n) is 1.33. The lowest BCUT2D eigenvalue weighted by atomic mass is 9.95. The number of aromatic nitrogens is 2. The van der Waals surface area contributed by atoms with Crippen LogP contribution in [0.15, 0.2) is 30.5 Å². The number of hydrogen-bond acceptors (Lipinski definition) is 4. The van der Waals surface area contributed by atoms with Crippen LogP contribution in [0.2, 0.25) is 0 Å². The number of carbonyl (C=O) groups is 1. The number of benzene rings is 1. The number of hydrogen-bond donors (Lipinski definition) is 1. The Hall–Kier alpha value is -1.75. The van der Waals surface area contributed by atoms with Gasteiger partial charge in [0.2, 0.25) is 5.91 Å². The third-order valence-corrected chi connectivity index (χ3v) is 3.18. The maximum absolute atomic E-state index is 11.8. The smallest absolute Gasteiger partial charge is 0.229 e. The largest absolute Gasteiger partial charge is 0.326 e. The molecule has 2 aromatic rings. The summed E-state index contributed by atoms with van der Waals surface area (Å²) >= 11 is 1.35. The van der Waals surface area contributed by atoms with E-state index in [0.29, 0.717) is 0 Å². The molecule has 1 aromatic carbocycles. The normalized spacial score (nSPS) is 11.3. The fraction of sp³-hybridized carbons (Fsp3) is 0.308. The molecule has 1 heterocycles. The Labute approximate surface area is 110 Å². The highest BCUT2D eigenvalue weighted by atomic mass is 32.1. The summed E-state index contributed by atoms with van der Waals surface area (Å²) in [6, 6.07) is 7.68. The van der Waals surface area contributed by atoms with Crippen molar-refractivity contribution in [1.82, 2.24) is 9.59 Å². The van der Waals surface area contributed by atoms with Crippen LogP contribution in [-0.2, 0) is 4.79 Å². The number of nitrogens with one attached hydrogen (secondary N) is 1. The first kappa shape index (κ1) is 12.7. The Morgan fingerprint density at radius 3 is 2.39 bits per heavy atom. The maximum atomic E-state index is 11.8. The van der Waals surface area contributed by atoms with Gasteiger partial charge in [-0.25, -0.2) is 0 Å². The van der Waals surface area contributed by atoms with Crippen molar-refractivity contribution in [1.29, 1.82) is 0 Å². The summed E-state index contributed by atoms with van der Waals surface area (Å²) in [6.07, 6.45) is 1.73. The molecule has 0 saturated carbocycles. The molecule has 0 aliphatic carbocycles. The first-order valence-corrected chi connectivity index (χ1v) is 6.43. The van der Waals surface area contributed by atoms with Crippen molar-refractivity contribution >= 4 is 23.1 Å². The quantitative estimate of drug-likeness (QED) is 0.903. The number of rotatable bonds is 2. The predicted molar refractivity (Wildman–Crippen MR) is 73.4 cm³/mol. The predicted octanol–water partition coefficient (Wildman–Crippen LogP) is 3.19. The summed E-state index contributed by atoms with van der Waals surface area (Å²) in [7, 11) is 0. The van der Waals surface area contributed by atoms with Gasteiger partial charge in [0.1, 0.15) is 0 Å². The summed E-state index contributed by atoms with van der Waals surface area (Å²) in [6.45, 7) is 5.67. The number of anilines is 1. The topological polar surface area (TPSA) is 54.9 Å². The van der Waals surface area contributed by atoms with Crippen LogP contribution in [0.25, 0.3) is 10.4 Å². The summed E-state index contributed by atoms with van der Waals surface area (Å²) < 4.78 is 3.82. The Balaban J connectivity index is 2.12. The van der Waals surface area contributed by atoms with Crippen molar-refractivity contribution < 1.29 is 4.79 Å². The van der Waals surface area contributed by atoms with Crippen LogP contribution < -0.4 is 5.32 Å². The highest BCUT2D eigenvalue weighted by Crippen LogP contribution is 2.24. The van der Waals surface area contributed by atoms with Gasteiger partial charge in [0.05, 0.1) is 11.1 Å². The van der Waals surface area contributed by atoms with Gasteiger partial charge in [-0.05, 0) is 29.2 Å². The van der Waals surface area contributed by atoms with E-state index in [1.54, 1.807) is 6.20 Å². The zero-order valence-electron chi connectivity index (χ0n) is 10.6. The molecule has 0 aliphatic rings. The molecule has 0 saturated heterocycles. The highest BCUT2D eigenvalue weighted by molar-refractivity contribution is 7.09. The van der Waals surface area contributed by atoms with Gasteiger partial charge >= 0.3 is 0 Å². The van der Waals surface area contributed by atoms with E-state index >= 15 is 0 Å². The summed E-state index contributed by atoms with van der Waals surface area (Å²) in [5, 5.41) is 6.69. The van der Waals surface area contributed by atoms with Crippen molar-refractivity contribution in [2.75, 3.05) is 5.32 Å². The van der Waals surface area contributed by atoms with Crippen molar-refractivity contribution in [3.63, 3.8) is 0 Å². The molecule has 0 aliphatic heterocycles. The molecule has 0 atom stereocenters. The van der Waals surface area contributed by atoms with Crippen molar-refractivity contribution in [3.05, 3.63) is 30.5 Å². The summed E-state index contributed by atoms with van der Waals surface area (Å²) in [4.78, 5) is 12.8. The van der Waals surface area contributed by atoms with Crippen LogP contribution >= 0.6 is 11.5 Å². The minimum Gasteiger partial charge on any atom is -0.326 e. The van der Waals surface area contributed by atoms with E-state index in [0.717, 1.165) is 16.1 Å². The van der Waals surface area contributed by atoms with Crippen molar-refractivity contribution in [3.8, 4) is 10.4 Å². The van der Waals surface area contributed by atoms with Gasteiger partial charge in [0.15, 0.2) is 0 Å². The van der Waals surface area contributed by atoms with E-state index in [1.807, 2.05) is 45.0 Å². The second-order valence-electron chi connectivity index (χ2n) is 5.06. The number of amides is 1. The van der Waals surface area contributed by atoms with Crippen LogP contribution in [0.4, 0.5) is 5.69 Å². The lowest BCUT2D eigenvalue weighted by Crippen LogP contribution is -2.27. The molecule has 94 valence electrons. The average molecular weight is 261 g/mol. The Morgan fingerprint density at radius 2 is 1.89 bits per heavy atom. The van der Waals surface area contributed by atoms with E-state index in [9.17, 15) is 4.79 Å². The third-order valence-electron chi connectivity index (χ3n) is 2.47. The third kappa shape index (κ3) is 2.92. The Morgan fingerprint density at radius 1 is 1.22 bits per heavy atom. The summed E-state index contributed by atoms with van der Waals surface area (Å²) in [5.74, 6) is 0.00899. The molecule has 18 heavy (non-hydrogen) atoms. The standard InChI is InChI=1S/C13H15N3OS/c1-13(2,3)12(17)15-10-6-4-9(5-7-10)11-8-14-16-18-11/h4-8H,1-3H3,(H,15,17). The molecule has 0 unspecified atom stereocenters. The van der Waals surface area contributed by atoms with Crippen molar-refractivity contribution in [2.45, 2.75) is 20.8 Å². The van der Waals surface area contributed by atoms with Gasteiger partial charge in [-0.2, -0.15) is 0 Å². The SMILES string of the molecule is CC(C)(C)C(=O)Nc1ccc(-c2cnns2)cc1. The molecular formula is C13H15N3OS. The molecule has 0 radical (unpaired) electrons. The maximum Gasteiger partial charge on any atom is 0.229 e. The molecule has 0 spiro atoms. The van der Waals surface area contributed by atoms with Crippen LogP contribution in [0.1, 0.15) is 20.8 Å². The molecule has 0 fully saturated rings. The molecule has 1 amide bonds. The van der Waals surface area contributed by atoms with Crippen LogP contribution in [0.5, 0.6) is 0 Å². The minimum absolute atomic E-state index is 0.00899. The molecule has 0 bridgehead atoms. The monoisotopic (exact) mass is 261 g/mol. The fourth-order valence-corrected chi connectivity index (χ4v) is 1.85. The molecule has 5 heteroatoms. The van der Waals surface area contributed by atoms with Crippen LogP contribution in [-0.4, -0.2) is 15.5 Å². The van der Waals surface area contributed by atoms with Crippen LogP contribution in [0, 0.1) is 5.41 Å². The molecule has 1 N–H and O–H groups in total. The molecule has 1 aromatic heterocycles. The van der Waals surface area contributed by atoms with Crippen molar-refractivity contribution in [2.24, 2.45) is 5.41 Å². The van der Waals surface area contributed by atoms with E-state index in [4.69, 9.17) is 0 Å². The Bertz CT molecular complexity index is 526. The first-order chi connectivity index (χ1) is 8.47. The van der Waals surface area contributed by atoms with Gasteiger partial charge in [-0.1, -0.05) is 37.4 Å². The first-order valence-electron chi connectivity index (χ1n) is 5.66. The minimum atomic E-state index is -0.389. The van der Waals surface area contributed by atoms with Gasteiger partial charge < -0.3 is 5.32 Å². The van der Waals surface area contributed by atoms with Gasteiger partial charge in [0, 0.05) is 11.1 Å². The lowest BCUT2D eigenvalue weighted by Gasteiger charge is -2.17. The van der Waals surface area contributed by atoms with Crippen LogP contribution in [0.3, 0.4) is 0 Å². The Kier molecular flexibility index (Phi) is 3.43. The molecular weight excluding hydrogens is 246 g/mol. The zero-order chi connectivity index (χ0) is 13.2. The van der Waals surface area contributed by atoms with Gasteiger partial charge in [0.25, 0.3) is 0 Å². The van der Waals surface area contributed by atoms with Gasteiger partial charge in [-0.3, -0.25) is 4.79 Å². The number of nitrogens with zero attached hydrogens (tertiary/aromatic N) is 2. The van der Waals surface area contributed by atoms with E-state index < -0.39 is 0 Å². The zero-order valence-corrected chi connectivity index (χ0v) is 11.4. The lowest BCUT2D eigenvalue weighted by molar-refractivity contribution is -0.123. The number of carbonyl (C=O) groups excluding carboxylic acids is 1. The average Bonchev–Trinajstić information content (AvgIpc) is 2.82. The second kappa shape index (κ2) is 4.86. The van der Waals surface area contributed by atoms with E-state index in [-0.39, 0.29) is 11.3 Å². The molecule has 4 nitrogen and oxygen atoms in total. The van der Waals surface area contributed by atoms with E-state index in [2.05, 4.69) is 14.9 Å². The van der Waals surface area contributed by atoms with E-state index in [1.165, 1.54) is 11.5 Å². The molecule has 2 rings (SSSR count). The second-order valence-corrected chi connectivity index (χ2v) is 5.85.